The Morgan fingerprint density at radius 1 is 1.56 bits per heavy atom. The first-order valence-corrected chi connectivity index (χ1v) is 6.24. The molecule has 0 bridgehead atoms. The van der Waals surface area contributed by atoms with Crippen LogP contribution in [0.5, 0.6) is 0 Å². The molecular formula is C14H20N3O. The van der Waals surface area contributed by atoms with Gasteiger partial charge in [0.2, 0.25) is 5.91 Å². The van der Waals surface area contributed by atoms with E-state index in [0.717, 1.165) is 19.6 Å². The van der Waals surface area contributed by atoms with Gasteiger partial charge in [-0.05, 0) is 44.1 Å². The van der Waals surface area contributed by atoms with Crippen LogP contribution in [0.3, 0.4) is 0 Å². The smallest absolute Gasteiger partial charge is 0.235 e. The van der Waals surface area contributed by atoms with E-state index in [2.05, 4.69) is 15.9 Å². The molecule has 0 saturated carbocycles. The van der Waals surface area contributed by atoms with E-state index in [1.165, 1.54) is 11.1 Å². The van der Waals surface area contributed by atoms with E-state index in [4.69, 9.17) is 5.73 Å². The molecule has 2 N–H and O–H groups in total. The summed E-state index contributed by atoms with van der Waals surface area (Å²) in [7, 11) is 4.01. The van der Waals surface area contributed by atoms with Crippen LogP contribution in [0.1, 0.15) is 11.1 Å². The molecule has 1 aromatic carbocycles. The SMILES string of the molecule is CN(C)CN1CCc2c[c]ccc2CC1C(N)=O. The van der Waals surface area contributed by atoms with Crippen LogP contribution in [-0.4, -0.2) is 49.1 Å². The summed E-state index contributed by atoms with van der Waals surface area (Å²) in [6.45, 7) is 1.61. The predicted molar refractivity (Wildman–Crippen MR) is 70.9 cm³/mol. The lowest BCUT2D eigenvalue weighted by molar-refractivity contribution is -0.123. The number of fused-ring (bicyclic) bond motifs is 1. The van der Waals surface area contributed by atoms with Crippen molar-refractivity contribution in [2.75, 3.05) is 27.3 Å². The van der Waals surface area contributed by atoms with E-state index < -0.39 is 0 Å². The third kappa shape index (κ3) is 2.89. The number of rotatable bonds is 3. The topological polar surface area (TPSA) is 49.6 Å². The van der Waals surface area contributed by atoms with Gasteiger partial charge in [-0.15, -0.1) is 0 Å². The van der Waals surface area contributed by atoms with Crippen LogP contribution in [0.4, 0.5) is 0 Å². The Balaban J connectivity index is 2.24. The van der Waals surface area contributed by atoms with Crippen molar-refractivity contribution in [3.8, 4) is 0 Å². The zero-order chi connectivity index (χ0) is 13.1. The number of hydrogen-bond acceptors (Lipinski definition) is 3. The summed E-state index contributed by atoms with van der Waals surface area (Å²) in [6.07, 6.45) is 1.65. The Hall–Kier alpha value is -1.39. The highest BCUT2D eigenvalue weighted by atomic mass is 16.1. The lowest BCUT2D eigenvalue weighted by atomic mass is 10.0. The maximum Gasteiger partial charge on any atom is 0.235 e. The molecule has 4 heteroatoms. The van der Waals surface area contributed by atoms with Crippen LogP contribution in [-0.2, 0) is 17.6 Å². The first-order chi connectivity index (χ1) is 8.58. The molecule has 1 aromatic rings. The standard InChI is InChI=1S/C14H20N3O/c1-16(2)10-17-8-7-11-5-3-4-6-12(11)9-13(17)14(15)18/h4-6,13H,7-10H2,1-2H3,(H2,15,18). The van der Waals surface area contributed by atoms with Crippen molar-refractivity contribution in [3.63, 3.8) is 0 Å². The molecule has 1 unspecified atom stereocenters. The summed E-state index contributed by atoms with van der Waals surface area (Å²) >= 11 is 0. The molecule has 0 saturated heterocycles. The van der Waals surface area contributed by atoms with Crippen molar-refractivity contribution >= 4 is 5.91 Å². The molecule has 0 aromatic heterocycles. The third-order valence-electron chi connectivity index (χ3n) is 3.37. The van der Waals surface area contributed by atoms with E-state index in [9.17, 15) is 4.79 Å². The lowest BCUT2D eigenvalue weighted by Gasteiger charge is -2.30. The van der Waals surface area contributed by atoms with Crippen LogP contribution in [0.2, 0.25) is 0 Å². The van der Waals surface area contributed by atoms with Crippen LogP contribution >= 0.6 is 0 Å². The van der Waals surface area contributed by atoms with Gasteiger partial charge in [0.05, 0.1) is 12.7 Å². The van der Waals surface area contributed by atoms with E-state index in [1.807, 2.05) is 32.3 Å². The normalized spacial score (nSPS) is 20.5. The first-order valence-electron chi connectivity index (χ1n) is 6.24. The van der Waals surface area contributed by atoms with E-state index in [0.29, 0.717) is 6.42 Å². The first kappa shape index (κ1) is 13.1. The number of amides is 1. The zero-order valence-corrected chi connectivity index (χ0v) is 11.0. The van der Waals surface area contributed by atoms with Crippen molar-refractivity contribution in [2.24, 2.45) is 5.73 Å². The van der Waals surface area contributed by atoms with Gasteiger partial charge in [0.25, 0.3) is 0 Å². The number of carbonyl (C=O) groups is 1. The van der Waals surface area contributed by atoms with Crippen molar-refractivity contribution in [1.82, 2.24) is 9.80 Å². The van der Waals surface area contributed by atoms with Crippen molar-refractivity contribution < 1.29 is 4.79 Å². The van der Waals surface area contributed by atoms with Crippen molar-refractivity contribution in [3.05, 3.63) is 35.4 Å². The Labute approximate surface area is 108 Å². The number of nitrogens with two attached hydrogens (primary N) is 1. The maximum absolute atomic E-state index is 11.7. The Bertz CT molecular complexity index is 431. The predicted octanol–water partition coefficient (Wildman–Crippen LogP) is 0.260. The molecule has 1 heterocycles. The molecule has 97 valence electrons. The van der Waals surface area contributed by atoms with E-state index in [-0.39, 0.29) is 11.9 Å². The molecule has 4 nitrogen and oxygen atoms in total. The van der Waals surface area contributed by atoms with Gasteiger partial charge >= 0.3 is 0 Å². The summed E-state index contributed by atoms with van der Waals surface area (Å²) < 4.78 is 0. The summed E-state index contributed by atoms with van der Waals surface area (Å²) in [4.78, 5) is 15.9. The molecule has 0 spiro atoms. The van der Waals surface area contributed by atoms with Crippen molar-refractivity contribution in [2.45, 2.75) is 18.9 Å². The molecule has 1 atom stereocenters. The second-order valence-electron chi connectivity index (χ2n) is 5.10. The molecule has 1 aliphatic rings. The average Bonchev–Trinajstić information content (AvgIpc) is 2.49. The monoisotopic (exact) mass is 246 g/mol. The second-order valence-corrected chi connectivity index (χ2v) is 5.10. The quantitative estimate of drug-likeness (QED) is 0.832. The summed E-state index contributed by atoms with van der Waals surface area (Å²) in [6, 6.07) is 8.86. The molecule has 1 radical (unpaired) electrons. The summed E-state index contributed by atoms with van der Waals surface area (Å²) in [5.74, 6) is -0.238. The van der Waals surface area contributed by atoms with Crippen LogP contribution < -0.4 is 5.73 Å². The molecule has 0 aliphatic carbocycles. The van der Waals surface area contributed by atoms with E-state index in [1.54, 1.807) is 0 Å². The lowest BCUT2D eigenvalue weighted by Crippen LogP contribution is -2.49. The fourth-order valence-corrected chi connectivity index (χ4v) is 2.50. The Morgan fingerprint density at radius 2 is 2.33 bits per heavy atom. The highest BCUT2D eigenvalue weighted by molar-refractivity contribution is 5.80. The minimum Gasteiger partial charge on any atom is -0.368 e. The van der Waals surface area contributed by atoms with Gasteiger partial charge in [0, 0.05) is 6.54 Å². The van der Waals surface area contributed by atoms with Crippen molar-refractivity contribution in [1.29, 1.82) is 0 Å². The van der Waals surface area contributed by atoms with Crippen LogP contribution in [0.15, 0.2) is 18.2 Å². The minimum absolute atomic E-state index is 0.212. The molecule has 1 aliphatic heterocycles. The Kier molecular flexibility index (Phi) is 3.99. The number of nitrogens with zero attached hydrogens (tertiary/aromatic N) is 2. The molecular weight excluding hydrogens is 226 g/mol. The van der Waals surface area contributed by atoms with Gasteiger partial charge in [0.1, 0.15) is 0 Å². The van der Waals surface area contributed by atoms with Gasteiger partial charge in [-0.3, -0.25) is 14.6 Å². The largest absolute Gasteiger partial charge is 0.368 e. The summed E-state index contributed by atoms with van der Waals surface area (Å²) in [5.41, 5.74) is 8.06. The molecule has 0 fully saturated rings. The maximum atomic E-state index is 11.7. The highest BCUT2D eigenvalue weighted by Gasteiger charge is 2.27. The minimum atomic E-state index is -0.238. The molecule has 2 rings (SSSR count). The van der Waals surface area contributed by atoms with E-state index >= 15 is 0 Å². The zero-order valence-electron chi connectivity index (χ0n) is 11.0. The van der Waals surface area contributed by atoms with Gasteiger partial charge in [-0.25, -0.2) is 0 Å². The molecule has 18 heavy (non-hydrogen) atoms. The van der Waals surface area contributed by atoms with Gasteiger partial charge in [-0.2, -0.15) is 0 Å². The number of primary amides is 1. The fourth-order valence-electron chi connectivity index (χ4n) is 2.50. The highest BCUT2D eigenvalue weighted by Crippen LogP contribution is 2.19. The van der Waals surface area contributed by atoms with Crippen LogP contribution in [0.25, 0.3) is 0 Å². The molecule has 1 amide bonds. The number of carbonyl (C=O) groups excluding carboxylic acids is 1. The van der Waals surface area contributed by atoms with Crippen LogP contribution in [0, 0.1) is 6.07 Å². The third-order valence-corrected chi connectivity index (χ3v) is 3.37. The second kappa shape index (κ2) is 5.50. The van der Waals surface area contributed by atoms with Gasteiger partial charge < -0.3 is 5.73 Å². The fraction of sp³-hybridized carbons (Fsp3) is 0.500. The number of hydrogen-bond donors (Lipinski definition) is 1. The number of benzene rings is 1. The van der Waals surface area contributed by atoms with Gasteiger partial charge in [-0.1, -0.05) is 18.2 Å². The summed E-state index contributed by atoms with van der Waals surface area (Å²) in [5, 5.41) is 0. The Morgan fingerprint density at radius 3 is 3.00 bits per heavy atom. The average molecular weight is 246 g/mol. The van der Waals surface area contributed by atoms with Gasteiger partial charge in [0.15, 0.2) is 0 Å².